The summed E-state index contributed by atoms with van der Waals surface area (Å²) in [5.74, 6) is -0.848. The second-order valence-electron chi connectivity index (χ2n) is 25.2. The summed E-state index contributed by atoms with van der Waals surface area (Å²) in [5.41, 5.74) is 0. The Morgan fingerprint density at radius 1 is 0.241 bits per heavy atom. The number of unbranched alkanes of at least 4 members (excludes halogenated alkanes) is 50. The Balaban J connectivity index is 4.20. The van der Waals surface area contributed by atoms with Crippen LogP contribution in [-0.4, -0.2) is 37.2 Å². The Labute approximate surface area is 518 Å². The van der Waals surface area contributed by atoms with Crippen LogP contribution in [0.5, 0.6) is 0 Å². The van der Waals surface area contributed by atoms with Crippen molar-refractivity contribution in [2.75, 3.05) is 13.2 Å². The Morgan fingerprint density at radius 2 is 0.434 bits per heavy atom. The lowest BCUT2D eigenvalue weighted by atomic mass is 10.0. The highest BCUT2D eigenvalue weighted by atomic mass is 16.6. The molecule has 0 spiro atoms. The number of ether oxygens (including phenoxy) is 3. The molecule has 0 saturated heterocycles. The molecular formula is C77H142O6. The minimum Gasteiger partial charge on any atom is -0.462 e. The molecule has 0 aliphatic rings. The maximum atomic E-state index is 13.0. The first-order chi connectivity index (χ1) is 41.0. The first-order valence-corrected chi connectivity index (χ1v) is 37.1. The maximum absolute atomic E-state index is 13.0. The van der Waals surface area contributed by atoms with Gasteiger partial charge in [-0.25, -0.2) is 0 Å². The third kappa shape index (κ3) is 70.0. The minimum absolute atomic E-state index is 0.0705. The van der Waals surface area contributed by atoms with Crippen molar-refractivity contribution in [2.24, 2.45) is 0 Å². The molecule has 0 amide bonds. The predicted molar refractivity (Wildman–Crippen MR) is 362 cm³/mol. The SMILES string of the molecule is CCCCC/C=C\C/C=C\CCCCCCCCCC(=O)OC(COC(=O)CCCCCCCCCCCCCCCCCCC)COC(=O)CCCCCCCCCCCCCCCCCCCCC/C=C\C/C=C\CCCCCCC. The second-order valence-corrected chi connectivity index (χ2v) is 25.2. The molecule has 0 aromatic heterocycles. The molecule has 0 rings (SSSR count). The van der Waals surface area contributed by atoms with Crippen LogP contribution in [0.2, 0.25) is 0 Å². The van der Waals surface area contributed by atoms with Gasteiger partial charge in [0.1, 0.15) is 13.2 Å². The van der Waals surface area contributed by atoms with Crippen molar-refractivity contribution in [3.63, 3.8) is 0 Å². The highest BCUT2D eigenvalue weighted by Gasteiger charge is 2.19. The molecule has 486 valence electrons. The molecule has 0 aromatic rings. The zero-order valence-corrected chi connectivity index (χ0v) is 56.0. The highest BCUT2D eigenvalue weighted by Crippen LogP contribution is 2.19. The molecule has 0 fully saturated rings. The summed E-state index contributed by atoms with van der Waals surface area (Å²) < 4.78 is 17.0. The van der Waals surface area contributed by atoms with E-state index in [4.69, 9.17) is 14.2 Å². The van der Waals surface area contributed by atoms with E-state index in [0.717, 1.165) is 77.0 Å². The van der Waals surface area contributed by atoms with Gasteiger partial charge in [0.2, 0.25) is 0 Å². The standard InChI is InChI=1S/C77H142O6/c1-4-7-10-13-16-19-22-25-28-31-32-33-34-35-36-37-38-39-40-41-42-43-44-47-49-52-55-58-61-64-67-70-76(79)82-73-74(83-77(80)71-68-65-62-59-56-53-50-46-30-27-24-21-18-15-12-9-6-3)72-81-75(78)69-66-63-60-57-54-51-48-45-29-26-23-20-17-14-11-8-5-2/h18,21-22,25,27,30-32,74H,4-17,19-20,23-24,26,28-29,33-73H2,1-3H3/b21-18-,25-22-,30-27-,32-31-. The second kappa shape index (κ2) is 71.8. The zero-order chi connectivity index (χ0) is 59.9. The van der Waals surface area contributed by atoms with Gasteiger partial charge < -0.3 is 14.2 Å². The summed E-state index contributed by atoms with van der Waals surface area (Å²) in [6.07, 6.45) is 91.5. The predicted octanol–water partition coefficient (Wildman–Crippen LogP) is 25.7. The van der Waals surface area contributed by atoms with E-state index < -0.39 is 6.10 Å². The van der Waals surface area contributed by atoms with Crippen LogP contribution in [0.1, 0.15) is 406 Å². The largest absolute Gasteiger partial charge is 0.462 e. The van der Waals surface area contributed by atoms with E-state index in [9.17, 15) is 14.4 Å². The lowest BCUT2D eigenvalue weighted by molar-refractivity contribution is -0.167. The monoisotopic (exact) mass is 1160 g/mol. The van der Waals surface area contributed by atoms with Crippen molar-refractivity contribution in [3.05, 3.63) is 48.6 Å². The third-order valence-corrected chi connectivity index (χ3v) is 16.8. The molecule has 83 heavy (non-hydrogen) atoms. The molecule has 0 saturated carbocycles. The Bertz CT molecular complexity index is 1430. The van der Waals surface area contributed by atoms with Crippen LogP contribution in [0.4, 0.5) is 0 Å². The van der Waals surface area contributed by atoms with E-state index in [-0.39, 0.29) is 31.1 Å². The minimum atomic E-state index is -0.776. The number of esters is 3. The summed E-state index contributed by atoms with van der Waals surface area (Å²) in [5, 5.41) is 0. The van der Waals surface area contributed by atoms with E-state index in [1.165, 1.54) is 289 Å². The van der Waals surface area contributed by atoms with E-state index in [0.29, 0.717) is 19.3 Å². The normalized spacial score (nSPS) is 12.3. The molecule has 0 heterocycles. The van der Waals surface area contributed by atoms with Gasteiger partial charge in [0.25, 0.3) is 0 Å². The molecule has 0 bridgehead atoms. The molecule has 1 atom stereocenters. The molecule has 0 aromatic carbocycles. The molecule has 0 radical (unpaired) electrons. The van der Waals surface area contributed by atoms with Gasteiger partial charge in [0.15, 0.2) is 6.10 Å². The van der Waals surface area contributed by atoms with Gasteiger partial charge in [-0.1, -0.05) is 352 Å². The fourth-order valence-electron chi connectivity index (χ4n) is 11.2. The van der Waals surface area contributed by atoms with Crippen LogP contribution in [0.25, 0.3) is 0 Å². The van der Waals surface area contributed by atoms with E-state index in [1.54, 1.807) is 0 Å². The van der Waals surface area contributed by atoms with Gasteiger partial charge in [0.05, 0.1) is 0 Å². The summed E-state index contributed by atoms with van der Waals surface area (Å²) >= 11 is 0. The molecular weight excluding hydrogens is 1020 g/mol. The summed E-state index contributed by atoms with van der Waals surface area (Å²) in [6, 6.07) is 0. The molecule has 1 unspecified atom stereocenters. The van der Waals surface area contributed by atoms with Crippen LogP contribution < -0.4 is 0 Å². The first kappa shape index (κ1) is 80.4. The number of rotatable bonds is 69. The van der Waals surface area contributed by atoms with Gasteiger partial charge >= 0.3 is 17.9 Å². The maximum Gasteiger partial charge on any atom is 0.306 e. The molecule has 6 heteroatoms. The zero-order valence-electron chi connectivity index (χ0n) is 56.0. The molecule has 0 aliphatic carbocycles. The molecule has 0 aliphatic heterocycles. The Hall–Kier alpha value is -2.63. The fourth-order valence-corrected chi connectivity index (χ4v) is 11.2. The topological polar surface area (TPSA) is 78.9 Å². The average Bonchev–Trinajstić information content (AvgIpc) is 3.50. The number of hydrogen-bond donors (Lipinski definition) is 0. The summed E-state index contributed by atoms with van der Waals surface area (Å²) in [7, 11) is 0. The van der Waals surface area contributed by atoms with Crippen molar-refractivity contribution in [1.82, 2.24) is 0 Å². The average molecular weight is 1160 g/mol. The number of allylic oxidation sites excluding steroid dienone is 8. The van der Waals surface area contributed by atoms with E-state index in [2.05, 4.69) is 69.4 Å². The quantitative estimate of drug-likeness (QED) is 0.0261. The molecule has 6 nitrogen and oxygen atoms in total. The van der Waals surface area contributed by atoms with Gasteiger partial charge in [-0.2, -0.15) is 0 Å². The smallest absolute Gasteiger partial charge is 0.306 e. The summed E-state index contributed by atoms with van der Waals surface area (Å²) in [6.45, 7) is 6.67. The lowest BCUT2D eigenvalue weighted by Crippen LogP contribution is -2.30. The van der Waals surface area contributed by atoms with Crippen LogP contribution in [0.15, 0.2) is 48.6 Å². The summed E-state index contributed by atoms with van der Waals surface area (Å²) in [4.78, 5) is 38.5. The van der Waals surface area contributed by atoms with Crippen molar-refractivity contribution >= 4 is 17.9 Å². The molecule has 0 N–H and O–H groups in total. The van der Waals surface area contributed by atoms with Crippen molar-refractivity contribution in [3.8, 4) is 0 Å². The van der Waals surface area contributed by atoms with Gasteiger partial charge in [-0.15, -0.1) is 0 Å². The van der Waals surface area contributed by atoms with Crippen LogP contribution in [0, 0.1) is 0 Å². The first-order valence-electron chi connectivity index (χ1n) is 37.1. The number of hydrogen-bond acceptors (Lipinski definition) is 6. The Kier molecular flexibility index (Phi) is 69.6. The van der Waals surface area contributed by atoms with Crippen LogP contribution in [-0.2, 0) is 28.6 Å². The van der Waals surface area contributed by atoms with Crippen molar-refractivity contribution in [2.45, 2.75) is 412 Å². The van der Waals surface area contributed by atoms with Crippen LogP contribution >= 0.6 is 0 Å². The number of carbonyl (C=O) groups is 3. The third-order valence-electron chi connectivity index (χ3n) is 16.8. The van der Waals surface area contributed by atoms with Crippen molar-refractivity contribution < 1.29 is 28.6 Å². The lowest BCUT2D eigenvalue weighted by Gasteiger charge is -2.18. The van der Waals surface area contributed by atoms with E-state index >= 15 is 0 Å². The van der Waals surface area contributed by atoms with Gasteiger partial charge in [-0.05, 0) is 83.5 Å². The fraction of sp³-hybridized carbons (Fsp3) is 0.857. The highest BCUT2D eigenvalue weighted by molar-refractivity contribution is 5.71. The van der Waals surface area contributed by atoms with Gasteiger partial charge in [0, 0.05) is 19.3 Å². The number of carbonyl (C=O) groups excluding carboxylic acids is 3. The Morgan fingerprint density at radius 3 is 0.687 bits per heavy atom. The van der Waals surface area contributed by atoms with Crippen LogP contribution in [0.3, 0.4) is 0 Å². The van der Waals surface area contributed by atoms with Gasteiger partial charge in [-0.3, -0.25) is 14.4 Å². The van der Waals surface area contributed by atoms with E-state index in [1.807, 2.05) is 0 Å². The van der Waals surface area contributed by atoms with Crippen molar-refractivity contribution in [1.29, 1.82) is 0 Å².